The molecule has 0 amide bonds. The van der Waals surface area contributed by atoms with Gasteiger partial charge in [-0.05, 0) is 0 Å². The summed E-state index contributed by atoms with van der Waals surface area (Å²) in [5.74, 6) is 5.82. The van der Waals surface area contributed by atoms with Gasteiger partial charge in [0.05, 0.1) is 0 Å². The Balaban J connectivity index is 0.000000982. The molecule has 108 valence electrons. The van der Waals surface area contributed by atoms with Crippen molar-refractivity contribution < 1.29 is 0 Å². The molecule has 1 aromatic carbocycles. The Labute approximate surface area is 126 Å². The van der Waals surface area contributed by atoms with Crippen LogP contribution in [0.2, 0.25) is 19.8 Å². The molecular weight excluding hydrogens is 364 g/mol. The molecule has 1 rings (SSSR count). The molecule has 0 atom stereocenters. The van der Waals surface area contributed by atoms with E-state index in [2.05, 4.69) is 34.7 Å². The fourth-order valence-electron chi connectivity index (χ4n) is 1.34. The second-order valence-electron chi connectivity index (χ2n) is 5.40. The molecule has 0 aromatic heterocycles. The molecule has 0 fully saturated rings. The van der Waals surface area contributed by atoms with Gasteiger partial charge in [-0.3, -0.25) is 0 Å². The van der Waals surface area contributed by atoms with E-state index in [1.165, 1.54) is 21.2 Å². The van der Waals surface area contributed by atoms with Crippen LogP contribution in [-0.2, 0) is 0 Å². The third kappa shape index (κ3) is 7.08. The van der Waals surface area contributed by atoms with E-state index in [1.54, 1.807) is 6.20 Å². The minimum atomic E-state index is -2.11. The van der Waals surface area contributed by atoms with Gasteiger partial charge in [-0.2, -0.15) is 0 Å². The van der Waals surface area contributed by atoms with Crippen molar-refractivity contribution in [2.45, 2.75) is 35.1 Å². The van der Waals surface area contributed by atoms with E-state index in [0.29, 0.717) is 0 Å². The Bertz CT molecular complexity index is 414. The van der Waals surface area contributed by atoms with Crippen molar-refractivity contribution in [2.75, 3.05) is 5.01 Å². The van der Waals surface area contributed by atoms with Crippen molar-refractivity contribution in [3.05, 3.63) is 35.6 Å². The summed E-state index contributed by atoms with van der Waals surface area (Å²) in [6, 6.07) is 5.98. The molecule has 0 bridgehead atoms. The van der Waals surface area contributed by atoms with Crippen molar-refractivity contribution in [1.82, 2.24) is 0 Å². The van der Waals surface area contributed by atoms with Crippen LogP contribution in [0.3, 0.4) is 0 Å². The Morgan fingerprint density at radius 1 is 1.21 bits per heavy atom. The predicted molar refractivity (Wildman–Crippen MR) is 90.4 cm³/mol. The number of halogens is 1. The summed E-state index contributed by atoms with van der Waals surface area (Å²) in [7, 11) is 0. The maximum absolute atomic E-state index is 6.10. The van der Waals surface area contributed by atoms with Crippen molar-refractivity contribution >= 4 is 39.2 Å². The molecule has 5 heteroatoms. The Kier molecular flexibility index (Phi) is 8.54. The quantitative estimate of drug-likeness (QED) is 0.472. The van der Waals surface area contributed by atoms with E-state index >= 15 is 0 Å². The summed E-state index contributed by atoms with van der Waals surface area (Å²) in [5.41, 5.74) is 6.18. The first-order valence-corrected chi connectivity index (χ1v) is 16.9. The second-order valence-corrected chi connectivity index (χ2v) is 20.3. The van der Waals surface area contributed by atoms with Gasteiger partial charge < -0.3 is 0 Å². The third-order valence-corrected chi connectivity index (χ3v) is 8.28. The first-order chi connectivity index (χ1) is 8.76. The van der Waals surface area contributed by atoms with Crippen LogP contribution in [0, 0.1) is 0 Å². The molecule has 0 unspecified atom stereocenters. The van der Waals surface area contributed by atoms with Crippen LogP contribution in [-0.4, -0.2) is 18.4 Å². The van der Waals surface area contributed by atoms with Gasteiger partial charge in [0.2, 0.25) is 0 Å². The zero-order valence-electron chi connectivity index (χ0n) is 12.6. The van der Waals surface area contributed by atoms with Gasteiger partial charge in [-0.15, -0.1) is 0 Å². The van der Waals surface area contributed by atoms with E-state index in [0.717, 1.165) is 10.7 Å². The Morgan fingerprint density at radius 2 is 1.74 bits per heavy atom. The number of hydrogen-bond acceptors (Lipinski definition) is 3. The first-order valence-electron chi connectivity index (χ1n) is 6.49. The van der Waals surface area contributed by atoms with Gasteiger partial charge in [0.1, 0.15) is 0 Å². The maximum atomic E-state index is 6.10. The fourth-order valence-corrected chi connectivity index (χ4v) is 5.16. The van der Waals surface area contributed by atoms with E-state index < -0.39 is 18.4 Å². The van der Waals surface area contributed by atoms with Gasteiger partial charge >= 0.3 is 106 Å². The average Bonchev–Trinajstić information content (AvgIpc) is 2.28. The molecule has 0 heterocycles. The zero-order chi connectivity index (χ0) is 15.1. The molecule has 19 heavy (non-hydrogen) atoms. The van der Waals surface area contributed by atoms with Gasteiger partial charge in [-0.1, -0.05) is 20.3 Å². The summed E-state index contributed by atoms with van der Waals surface area (Å²) in [6.45, 7) is 4.25. The standard InChI is InChI=1S/C8H9ClN3.C3H8.3CH3.Sn/c9-7-2-1-3-8(6-7)12(11)5-4-10;1-3-2;;;;/h2-6H,10-11H2;3H2,1-2H3;3*1H3;/b5-4-;;;;;. The van der Waals surface area contributed by atoms with Crippen LogP contribution < -0.4 is 20.2 Å². The van der Waals surface area contributed by atoms with Crippen LogP contribution in [0.1, 0.15) is 20.3 Å². The molecule has 0 aliphatic carbocycles. The van der Waals surface area contributed by atoms with E-state index in [-0.39, 0.29) is 0 Å². The number of benzene rings is 1. The molecule has 3 nitrogen and oxygen atoms in total. The van der Waals surface area contributed by atoms with Gasteiger partial charge in [-0.25, -0.2) is 0 Å². The summed E-state index contributed by atoms with van der Waals surface area (Å²) in [5, 5.41) is 2.20. The molecule has 0 saturated heterocycles. The first kappa shape index (κ1) is 18.6. The molecule has 0 radical (unpaired) electrons. The summed E-state index contributed by atoms with van der Waals surface area (Å²) in [6.07, 6.45) is 4.26. The normalized spacial score (nSPS) is 11.1. The molecule has 0 spiro atoms. The number of anilines is 1. The average molecular weight is 391 g/mol. The Hall–Kier alpha value is -0.391. The summed E-state index contributed by atoms with van der Waals surface area (Å²) >= 11 is 3.98. The van der Waals surface area contributed by atoms with Gasteiger partial charge in [0.15, 0.2) is 0 Å². The third-order valence-electron chi connectivity index (χ3n) is 2.29. The summed E-state index contributed by atoms with van der Waals surface area (Å²) in [4.78, 5) is 7.01. The minimum absolute atomic E-state index is 0.722. The topological polar surface area (TPSA) is 55.3 Å². The predicted octanol–water partition coefficient (Wildman–Crippen LogP) is 3.41. The number of hydrazine groups is 1. The van der Waals surface area contributed by atoms with Crippen molar-refractivity contribution in [1.29, 1.82) is 0 Å². The van der Waals surface area contributed by atoms with Crippen LogP contribution in [0.25, 0.3) is 0 Å². The van der Waals surface area contributed by atoms with Crippen LogP contribution in [0.4, 0.5) is 5.69 Å². The Morgan fingerprint density at radius 3 is 2.16 bits per heavy atom. The van der Waals surface area contributed by atoms with E-state index in [9.17, 15) is 0 Å². The molecule has 0 aliphatic rings. The molecule has 1 aromatic rings. The van der Waals surface area contributed by atoms with Crippen molar-refractivity contribution in [3.8, 4) is 0 Å². The number of nitrogens with two attached hydrogens (primary N) is 2. The van der Waals surface area contributed by atoms with Crippen LogP contribution in [0.15, 0.2) is 30.6 Å². The molecule has 0 saturated carbocycles. The number of rotatable bonds is 3. The molecule has 4 N–H and O–H groups in total. The fraction of sp³-hybridized carbons (Fsp3) is 0.429. The second kappa shape index (κ2) is 8.71. The SMILES string of the molecule is CCC.[CH3][Sn]([CH3])([CH3])[c]1cc(Cl)cc(N(N)/C=C\N)c1. The monoisotopic (exact) mass is 391 g/mol. The zero-order valence-corrected chi connectivity index (χ0v) is 16.2. The van der Waals surface area contributed by atoms with Crippen LogP contribution >= 0.6 is 11.6 Å². The van der Waals surface area contributed by atoms with Gasteiger partial charge in [0, 0.05) is 0 Å². The number of hydrogen-bond donors (Lipinski definition) is 2. The molecule has 0 aliphatic heterocycles. The van der Waals surface area contributed by atoms with Gasteiger partial charge in [0.25, 0.3) is 0 Å². The molecular formula is C14H26ClN3Sn. The van der Waals surface area contributed by atoms with Crippen molar-refractivity contribution in [3.63, 3.8) is 0 Å². The van der Waals surface area contributed by atoms with Crippen molar-refractivity contribution in [2.24, 2.45) is 11.6 Å². The summed E-state index contributed by atoms with van der Waals surface area (Å²) < 4.78 is 1.35. The number of nitrogens with zero attached hydrogens (tertiary/aromatic N) is 1. The van der Waals surface area contributed by atoms with E-state index in [1.807, 2.05) is 12.1 Å². The van der Waals surface area contributed by atoms with E-state index in [4.69, 9.17) is 23.2 Å². The van der Waals surface area contributed by atoms with Crippen LogP contribution in [0.5, 0.6) is 0 Å².